The average Bonchev–Trinajstić information content (AvgIpc) is 2.56. The van der Waals surface area contributed by atoms with E-state index in [-0.39, 0.29) is 12.0 Å². The van der Waals surface area contributed by atoms with Crippen molar-refractivity contribution in [3.8, 4) is 0 Å². The molecule has 0 saturated heterocycles. The molecule has 4 nitrogen and oxygen atoms in total. The van der Waals surface area contributed by atoms with Gasteiger partial charge in [0.1, 0.15) is 6.10 Å². The van der Waals surface area contributed by atoms with Crippen molar-refractivity contribution >= 4 is 14.4 Å². The van der Waals surface area contributed by atoms with Crippen molar-refractivity contribution in [3.63, 3.8) is 0 Å². The fourth-order valence-electron chi connectivity index (χ4n) is 2.44. The maximum absolute atomic E-state index is 12.3. The summed E-state index contributed by atoms with van der Waals surface area (Å²) in [6.07, 6.45) is 2.67. The zero-order valence-corrected chi connectivity index (χ0v) is 17.2. The molecule has 0 spiro atoms. The summed E-state index contributed by atoms with van der Waals surface area (Å²) in [5.41, 5.74) is 1.03. The van der Waals surface area contributed by atoms with Gasteiger partial charge in [0.15, 0.2) is 0 Å². The summed E-state index contributed by atoms with van der Waals surface area (Å²) in [7, 11) is -1.73. The van der Waals surface area contributed by atoms with Crippen molar-refractivity contribution < 1.29 is 14.0 Å². The highest BCUT2D eigenvalue weighted by Gasteiger charge is 2.27. The molecule has 1 rings (SSSR count). The first-order valence-corrected chi connectivity index (χ1v) is 12.1. The standard InChI is InChI=1S/C20H31NO3Si/c1-8-18(15(3)19(9-2)24-25(5,6)7)23-20(22)21-16(4)17-13-11-10-12-14-17/h8-16,18H,1H2,2-7H3,(H,21,22)/b19-9-/t15-,16-,18-/m0/s1. The van der Waals surface area contributed by atoms with Crippen molar-refractivity contribution in [1.29, 1.82) is 0 Å². The molecule has 0 aliphatic heterocycles. The molecule has 1 amide bonds. The predicted molar refractivity (Wildman–Crippen MR) is 106 cm³/mol. The van der Waals surface area contributed by atoms with Crippen molar-refractivity contribution in [1.82, 2.24) is 5.32 Å². The van der Waals surface area contributed by atoms with Gasteiger partial charge in [0.2, 0.25) is 8.32 Å². The molecule has 0 radical (unpaired) electrons. The fourth-order valence-corrected chi connectivity index (χ4v) is 3.45. The maximum Gasteiger partial charge on any atom is 0.408 e. The highest BCUT2D eigenvalue weighted by molar-refractivity contribution is 6.70. The molecule has 0 aliphatic rings. The van der Waals surface area contributed by atoms with Crippen LogP contribution in [0.4, 0.5) is 4.79 Å². The number of benzene rings is 1. The topological polar surface area (TPSA) is 47.6 Å². The molecule has 1 aromatic carbocycles. The molecule has 138 valence electrons. The van der Waals surface area contributed by atoms with E-state index in [1.807, 2.05) is 57.2 Å². The first-order valence-electron chi connectivity index (χ1n) is 8.67. The second-order valence-electron chi connectivity index (χ2n) is 7.08. The molecule has 25 heavy (non-hydrogen) atoms. The molecule has 0 heterocycles. The second kappa shape index (κ2) is 9.46. The maximum atomic E-state index is 12.3. The first kappa shape index (κ1) is 21.0. The normalized spacial score (nSPS) is 15.7. The lowest BCUT2D eigenvalue weighted by Gasteiger charge is -2.29. The number of allylic oxidation sites excluding steroid dienone is 1. The number of ether oxygens (including phenoxy) is 1. The van der Waals surface area contributed by atoms with Gasteiger partial charge in [0.05, 0.1) is 17.7 Å². The fraction of sp³-hybridized carbons (Fsp3) is 0.450. The number of rotatable bonds is 8. The van der Waals surface area contributed by atoms with Gasteiger partial charge in [-0.2, -0.15) is 0 Å². The van der Waals surface area contributed by atoms with Gasteiger partial charge in [-0.05, 0) is 39.1 Å². The van der Waals surface area contributed by atoms with E-state index in [4.69, 9.17) is 9.16 Å². The monoisotopic (exact) mass is 361 g/mol. The van der Waals surface area contributed by atoms with Crippen LogP contribution < -0.4 is 5.32 Å². The predicted octanol–water partition coefficient (Wildman–Crippen LogP) is 5.42. The molecule has 0 saturated carbocycles. The molecular weight excluding hydrogens is 330 g/mol. The van der Waals surface area contributed by atoms with E-state index < -0.39 is 20.5 Å². The van der Waals surface area contributed by atoms with E-state index in [1.54, 1.807) is 6.08 Å². The molecule has 1 N–H and O–H groups in total. The number of carbonyl (C=O) groups excluding carboxylic acids is 1. The van der Waals surface area contributed by atoms with Crippen molar-refractivity contribution in [2.24, 2.45) is 5.92 Å². The van der Waals surface area contributed by atoms with Crippen molar-refractivity contribution in [3.05, 3.63) is 60.4 Å². The number of hydrogen-bond donors (Lipinski definition) is 1. The molecule has 1 aromatic rings. The van der Waals surface area contributed by atoms with Crippen LogP contribution in [0.15, 0.2) is 54.8 Å². The van der Waals surface area contributed by atoms with E-state index in [2.05, 4.69) is 31.5 Å². The van der Waals surface area contributed by atoms with Gasteiger partial charge < -0.3 is 14.5 Å². The van der Waals surface area contributed by atoms with Crippen LogP contribution in [0.25, 0.3) is 0 Å². The summed E-state index contributed by atoms with van der Waals surface area (Å²) < 4.78 is 11.7. The molecule has 0 unspecified atom stereocenters. The minimum Gasteiger partial charge on any atom is -0.547 e. The molecule has 0 bridgehead atoms. The van der Waals surface area contributed by atoms with E-state index in [9.17, 15) is 4.79 Å². The first-order chi connectivity index (χ1) is 11.7. The number of alkyl carbamates (subject to hydrolysis) is 1. The smallest absolute Gasteiger partial charge is 0.408 e. The Morgan fingerprint density at radius 3 is 2.28 bits per heavy atom. The summed E-state index contributed by atoms with van der Waals surface area (Å²) in [5.74, 6) is 0.750. The summed E-state index contributed by atoms with van der Waals surface area (Å²) in [6.45, 7) is 16.0. The van der Waals surface area contributed by atoms with E-state index in [1.165, 1.54) is 0 Å². The van der Waals surface area contributed by atoms with Crippen LogP contribution in [0.2, 0.25) is 19.6 Å². The largest absolute Gasteiger partial charge is 0.547 e. The van der Waals surface area contributed by atoms with Crippen molar-refractivity contribution in [2.45, 2.75) is 52.6 Å². The Hall–Kier alpha value is -2.01. The Kier molecular flexibility index (Phi) is 7.96. The van der Waals surface area contributed by atoms with Crippen LogP contribution >= 0.6 is 0 Å². The van der Waals surface area contributed by atoms with Gasteiger partial charge in [-0.25, -0.2) is 4.79 Å². The number of nitrogens with one attached hydrogen (secondary N) is 1. The van der Waals surface area contributed by atoms with Gasteiger partial charge in [-0.1, -0.05) is 56.0 Å². The van der Waals surface area contributed by atoms with Gasteiger partial charge in [0, 0.05) is 0 Å². The summed E-state index contributed by atoms with van der Waals surface area (Å²) >= 11 is 0. The SMILES string of the molecule is C=C[C@H](OC(=O)N[C@@H](C)c1ccccc1)[C@H](C)/C(=C/C)O[Si](C)(C)C. The van der Waals surface area contributed by atoms with Crippen molar-refractivity contribution in [2.75, 3.05) is 0 Å². The Balaban J connectivity index is 2.70. The van der Waals surface area contributed by atoms with E-state index >= 15 is 0 Å². The minimum absolute atomic E-state index is 0.0907. The minimum atomic E-state index is -1.73. The number of hydrogen-bond acceptors (Lipinski definition) is 3. The van der Waals surface area contributed by atoms with Crippen LogP contribution in [0.5, 0.6) is 0 Å². The lowest BCUT2D eigenvalue weighted by molar-refractivity contribution is 0.0896. The van der Waals surface area contributed by atoms with Crippen LogP contribution in [0.1, 0.15) is 32.4 Å². The van der Waals surface area contributed by atoms with Crippen LogP contribution in [0.3, 0.4) is 0 Å². The zero-order chi connectivity index (χ0) is 19.0. The molecule has 0 fully saturated rings. The van der Waals surface area contributed by atoms with Gasteiger partial charge in [-0.3, -0.25) is 0 Å². The van der Waals surface area contributed by atoms with Crippen LogP contribution in [-0.2, 0) is 9.16 Å². The highest BCUT2D eigenvalue weighted by Crippen LogP contribution is 2.24. The third-order valence-electron chi connectivity index (χ3n) is 3.76. The summed E-state index contributed by atoms with van der Waals surface area (Å²) in [5, 5.41) is 2.86. The Labute approximate surface area is 153 Å². The van der Waals surface area contributed by atoms with Crippen LogP contribution in [-0.4, -0.2) is 20.5 Å². The highest BCUT2D eigenvalue weighted by atomic mass is 28.4. The van der Waals surface area contributed by atoms with Gasteiger partial charge >= 0.3 is 6.09 Å². The Bertz CT molecular complexity index is 593. The zero-order valence-electron chi connectivity index (χ0n) is 16.2. The Morgan fingerprint density at radius 1 is 1.20 bits per heavy atom. The summed E-state index contributed by atoms with van der Waals surface area (Å²) in [4.78, 5) is 12.3. The van der Waals surface area contributed by atoms with Gasteiger partial charge in [0.25, 0.3) is 0 Å². The van der Waals surface area contributed by atoms with E-state index in [0.29, 0.717) is 0 Å². The second-order valence-corrected chi connectivity index (χ2v) is 11.5. The van der Waals surface area contributed by atoms with Crippen LogP contribution in [0, 0.1) is 5.92 Å². The molecule has 0 aromatic heterocycles. The third kappa shape index (κ3) is 7.18. The number of amides is 1. The molecule has 5 heteroatoms. The van der Waals surface area contributed by atoms with E-state index in [0.717, 1.165) is 11.3 Å². The van der Waals surface area contributed by atoms with Gasteiger partial charge in [-0.15, -0.1) is 0 Å². The number of carbonyl (C=O) groups is 1. The average molecular weight is 362 g/mol. The molecule has 0 aliphatic carbocycles. The molecular formula is C20H31NO3Si. The quantitative estimate of drug-likeness (QED) is 0.382. The molecule has 3 atom stereocenters. The Morgan fingerprint density at radius 2 is 1.80 bits per heavy atom. The lowest BCUT2D eigenvalue weighted by Crippen LogP contribution is -2.35. The summed E-state index contributed by atoms with van der Waals surface area (Å²) in [6, 6.07) is 9.64. The lowest BCUT2D eigenvalue weighted by atomic mass is 10.0. The third-order valence-corrected chi connectivity index (χ3v) is 4.61.